The van der Waals surface area contributed by atoms with Crippen molar-refractivity contribution in [2.75, 3.05) is 19.6 Å². The Hall–Kier alpha value is -2.05. The van der Waals surface area contributed by atoms with Gasteiger partial charge in [0, 0.05) is 38.1 Å². The first-order valence-electron chi connectivity index (χ1n) is 7.49. The van der Waals surface area contributed by atoms with Gasteiger partial charge in [-0.2, -0.15) is 0 Å². The number of halogens is 3. The Labute approximate surface area is 145 Å². The highest BCUT2D eigenvalue weighted by molar-refractivity contribution is 5.85. The highest BCUT2D eigenvalue weighted by Crippen LogP contribution is 2.23. The number of rotatable bonds is 3. The molecule has 1 aliphatic heterocycles. The molecule has 1 unspecified atom stereocenters. The second kappa shape index (κ2) is 8.17. The minimum Gasteiger partial charge on any atom is -0.333 e. The molecule has 24 heavy (non-hydrogen) atoms. The van der Waals surface area contributed by atoms with E-state index in [0.717, 1.165) is 11.6 Å². The van der Waals surface area contributed by atoms with Crippen LogP contribution in [0.4, 0.5) is 8.78 Å². The van der Waals surface area contributed by atoms with E-state index in [2.05, 4.69) is 10.3 Å². The summed E-state index contributed by atoms with van der Waals surface area (Å²) in [5, 5.41) is 3.26. The van der Waals surface area contributed by atoms with Crippen LogP contribution in [0.1, 0.15) is 17.2 Å². The first-order chi connectivity index (χ1) is 11.1. The maximum atomic E-state index is 13.8. The van der Waals surface area contributed by atoms with E-state index in [1.807, 2.05) is 12.1 Å². The minimum atomic E-state index is -0.689. The molecule has 1 saturated heterocycles. The fourth-order valence-corrected chi connectivity index (χ4v) is 2.80. The van der Waals surface area contributed by atoms with Crippen LogP contribution in [0.2, 0.25) is 0 Å². The van der Waals surface area contributed by atoms with E-state index in [1.165, 1.54) is 12.1 Å². The quantitative estimate of drug-likeness (QED) is 0.922. The highest BCUT2D eigenvalue weighted by atomic mass is 35.5. The standard InChI is InChI=1S/C17H17F2N3O.ClH/c18-14-4-3-12(15(19)9-14)8-17(23)22-7-6-21-11-16(22)13-2-1-5-20-10-13;/h1-5,9-10,16,21H,6-8,11H2;1H. The molecule has 1 aliphatic rings. The lowest BCUT2D eigenvalue weighted by Gasteiger charge is -2.36. The molecule has 1 aromatic carbocycles. The van der Waals surface area contributed by atoms with Gasteiger partial charge >= 0.3 is 0 Å². The molecule has 0 aliphatic carbocycles. The summed E-state index contributed by atoms with van der Waals surface area (Å²) in [4.78, 5) is 18.4. The molecule has 1 fully saturated rings. The number of piperazine rings is 1. The fourth-order valence-electron chi connectivity index (χ4n) is 2.80. The van der Waals surface area contributed by atoms with Crippen LogP contribution < -0.4 is 5.32 Å². The maximum Gasteiger partial charge on any atom is 0.227 e. The number of benzene rings is 1. The first kappa shape index (κ1) is 18.3. The Morgan fingerprint density at radius 1 is 1.33 bits per heavy atom. The van der Waals surface area contributed by atoms with Crippen molar-refractivity contribution in [3.05, 3.63) is 65.5 Å². The molecule has 128 valence electrons. The van der Waals surface area contributed by atoms with Gasteiger partial charge in [0.15, 0.2) is 0 Å². The molecule has 0 bridgehead atoms. The Kier molecular flexibility index (Phi) is 6.23. The molecule has 0 radical (unpaired) electrons. The fraction of sp³-hybridized carbons (Fsp3) is 0.294. The van der Waals surface area contributed by atoms with E-state index < -0.39 is 11.6 Å². The molecule has 0 spiro atoms. The van der Waals surface area contributed by atoms with Gasteiger partial charge in [-0.1, -0.05) is 12.1 Å². The number of hydrogen-bond acceptors (Lipinski definition) is 3. The van der Waals surface area contributed by atoms with E-state index in [-0.39, 0.29) is 36.3 Å². The van der Waals surface area contributed by atoms with E-state index >= 15 is 0 Å². The van der Waals surface area contributed by atoms with Crippen LogP contribution in [0.25, 0.3) is 0 Å². The Balaban J connectivity index is 0.00000208. The summed E-state index contributed by atoms with van der Waals surface area (Å²) >= 11 is 0. The molecule has 2 heterocycles. The van der Waals surface area contributed by atoms with Gasteiger partial charge in [-0.3, -0.25) is 9.78 Å². The molecule has 3 rings (SSSR count). The maximum absolute atomic E-state index is 13.8. The largest absolute Gasteiger partial charge is 0.333 e. The second-order valence-corrected chi connectivity index (χ2v) is 5.51. The van der Waals surface area contributed by atoms with Gasteiger partial charge in [0.25, 0.3) is 0 Å². The van der Waals surface area contributed by atoms with Crippen molar-refractivity contribution in [2.24, 2.45) is 0 Å². The molecule has 1 N–H and O–H groups in total. The topological polar surface area (TPSA) is 45.2 Å². The van der Waals surface area contributed by atoms with E-state index in [4.69, 9.17) is 0 Å². The number of nitrogens with one attached hydrogen (secondary N) is 1. The summed E-state index contributed by atoms with van der Waals surface area (Å²) in [7, 11) is 0. The number of pyridine rings is 1. The van der Waals surface area contributed by atoms with Gasteiger partial charge in [-0.25, -0.2) is 8.78 Å². The third kappa shape index (κ3) is 4.07. The van der Waals surface area contributed by atoms with E-state index in [1.54, 1.807) is 17.3 Å². The monoisotopic (exact) mass is 353 g/mol. The van der Waals surface area contributed by atoms with Crippen molar-refractivity contribution in [1.29, 1.82) is 0 Å². The number of carbonyl (C=O) groups excluding carboxylic acids is 1. The lowest BCUT2D eigenvalue weighted by atomic mass is 10.0. The smallest absolute Gasteiger partial charge is 0.227 e. The normalized spacial score (nSPS) is 17.2. The zero-order chi connectivity index (χ0) is 16.2. The molecular weight excluding hydrogens is 336 g/mol. The van der Waals surface area contributed by atoms with Gasteiger partial charge in [-0.05, 0) is 23.3 Å². The lowest BCUT2D eigenvalue weighted by Crippen LogP contribution is -2.49. The summed E-state index contributed by atoms with van der Waals surface area (Å²) in [6.45, 7) is 1.86. The average molecular weight is 354 g/mol. The molecule has 1 aromatic heterocycles. The van der Waals surface area contributed by atoms with Gasteiger partial charge in [0.05, 0.1) is 12.5 Å². The van der Waals surface area contributed by atoms with Gasteiger partial charge < -0.3 is 10.2 Å². The second-order valence-electron chi connectivity index (χ2n) is 5.51. The van der Waals surface area contributed by atoms with Crippen LogP contribution >= 0.6 is 12.4 Å². The summed E-state index contributed by atoms with van der Waals surface area (Å²) in [6, 6.07) is 6.91. The van der Waals surface area contributed by atoms with Crippen molar-refractivity contribution in [2.45, 2.75) is 12.5 Å². The van der Waals surface area contributed by atoms with Crippen molar-refractivity contribution in [3.8, 4) is 0 Å². The minimum absolute atomic E-state index is 0. The number of aromatic nitrogens is 1. The van der Waals surface area contributed by atoms with Crippen molar-refractivity contribution in [1.82, 2.24) is 15.2 Å². The lowest BCUT2D eigenvalue weighted by molar-refractivity contribution is -0.133. The predicted molar refractivity (Wildman–Crippen MR) is 88.9 cm³/mol. The SMILES string of the molecule is Cl.O=C(Cc1ccc(F)cc1F)N1CCNCC1c1cccnc1. The zero-order valence-corrected chi connectivity index (χ0v) is 13.7. The van der Waals surface area contributed by atoms with Gasteiger partial charge in [0.1, 0.15) is 11.6 Å². The molecule has 1 atom stereocenters. The van der Waals surface area contributed by atoms with Gasteiger partial charge in [-0.15, -0.1) is 12.4 Å². The molecule has 0 saturated carbocycles. The van der Waals surface area contributed by atoms with E-state index in [0.29, 0.717) is 19.6 Å². The number of amides is 1. The first-order valence-corrected chi connectivity index (χ1v) is 7.49. The summed E-state index contributed by atoms with van der Waals surface area (Å²) in [5.41, 5.74) is 1.15. The zero-order valence-electron chi connectivity index (χ0n) is 12.9. The van der Waals surface area contributed by atoms with Crippen LogP contribution in [0, 0.1) is 11.6 Å². The average Bonchev–Trinajstić information content (AvgIpc) is 2.58. The molecular formula is C17H18ClF2N3O. The molecule has 4 nitrogen and oxygen atoms in total. The summed E-state index contributed by atoms with van der Waals surface area (Å²) < 4.78 is 26.7. The van der Waals surface area contributed by atoms with Crippen molar-refractivity contribution < 1.29 is 13.6 Å². The third-order valence-electron chi connectivity index (χ3n) is 3.99. The van der Waals surface area contributed by atoms with Crippen LogP contribution in [0.5, 0.6) is 0 Å². The van der Waals surface area contributed by atoms with Crippen LogP contribution in [0.15, 0.2) is 42.7 Å². The molecule has 7 heteroatoms. The summed E-state index contributed by atoms with van der Waals surface area (Å²) in [5.74, 6) is -1.51. The number of nitrogens with zero attached hydrogens (tertiary/aromatic N) is 2. The van der Waals surface area contributed by atoms with Crippen molar-refractivity contribution in [3.63, 3.8) is 0 Å². The predicted octanol–water partition coefficient (Wildman–Crippen LogP) is 2.50. The van der Waals surface area contributed by atoms with Crippen molar-refractivity contribution >= 4 is 18.3 Å². The van der Waals surface area contributed by atoms with Crippen LogP contribution in [0.3, 0.4) is 0 Å². The summed E-state index contributed by atoms with van der Waals surface area (Å²) in [6.07, 6.45) is 3.33. The number of carbonyl (C=O) groups is 1. The Morgan fingerprint density at radius 3 is 2.88 bits per heavy atom. The Morgan fingerprint density at radius 2 is 2.17 bits per heavy atom. The molecule has 1 amide bonds. The van der Waals surface area contributed by atoms with Crippen LogP contribution in [-0.2, 0) is 11.2 Å². The van der Waals surface area contributed by atoms with E-state index in [9.17, 15) is 13.6 Å². The Bertz CT molecular complexity index is 699. The number of hydrogen-bond donors (Lipinski definition) is 1. The molecule has 2 aromatic rings. The highest BCUT2D eigenvalue weighted by Gasteiger charge is 2.28. The van der Waals surface area contributed by atoms with Crippen LogP contribution in [-0.4, -0.2) is 35.4 Å². The third-order valence-corrected chi connectivity index (χ3v) is 3.99. The van der Waals surface area contributed by atoms with Gasteiger partial charge in [0.2, 0.25) is 5.91 Å².